The molecule has 0 aromatic heterocycles. The minimum Gasteiger partial charge on any atom is -0.390 e. The molecule has 0 aliphatic heterocycles. The number of nitrogens with zero attached hydrogens (tertiary/aromatic N) is 2. The van der Waals surface area contributed by atoms with E-state index in [1.165, 1.54) is 12.4 Å². The lowest BCUT2D eigenvalue weighted by molar-refractivity contribution is -0.203. The molecule has 2 unspecified atom stereocenters. The number of ether oxygens (including phenoxy) is 1. The molecule has 0 saturated heterocycles. The van der Waals surface area contributed by atoms with Gasteiger partial charge in [0.2, 0.25) is 0 Å². The fourth-order valence-corrected chi connectivity index (χ4v) is 3.24. The van der Waals surface area contributed by atoms with Crippen LogP contribution in [0.3, 0.4) is 0 Å². The second kappa shape index (κ2) is 13.8. The first-order chi connectivity index (χ1) is 14.3. The minimum absolute atomic E-state index is 0.0387. The molecule has 1 aliphatic carbocycles. The third-order valence-corrected chi connectivity index (χ3v) is 4.62. The second-order valence-electron chi connectivity index (χ2n) is 7.08. The number of nitrogens with two attached hydrogens (primary N) is 1. The van der Waals surface area contributed by atoms with Crippen LogP contribution in [0.4, 0.5) is 13.2 Å². The summed E-state index contributed by atoms with van der Waals surface area (Å²) in [4.78, 5) is 4.08. The Morgan fingerprint density at radius 3 is 2.73 bits per heavy atom. The SMILES string of the molecule is CNCCC(/C=C(\C)N=CN)CC1=CCCC/C=C(\C(OCC#N)C(F)(F)F)C=C1. The Kier molecular flexibility index (Phi) is 11.8. The number of rotatable bonds is 10. The smallest absolute Gasteiger partial charge is 0.390 e. The molecule has 0 saturated carbocycles. The maximum Gasteiger partial charge on any atom is 0.418 e. The number of halogens is 3. The van der Waals surface area contributed by atoms with Gasteiger partial charge in [0.1, 0.15) is 6.61 Å². The quantitative estimate of drug-likeness (QED) is 0.398. The fourth-order valence-electron chi connectivity index (χ4n) is 3.24. The van der Waals surface area contributed by atoms with Gasteiger partial charge >= 0.3 is 6.18 Å². The Hall–Kier alpha value is -2.37. The third kappa shape index (κ3) is 9.90. The molecule has 8 heteroatoms. The van der Waals surface area contributed by atoms with Crippen molar-refractivity contribution in [2.45, 2.75) is 51.3 Å². The van der Waals surface area contributed by atoms with E-state index < -0.39 is 18.9 Å². The highest BCUT2D eigenvalue weighted by Gasteiger charge is 2.42. The van der Waals surface area contributed by atoms with E-state index in [4.69, 9.17) is 15.7 Å². The predicted octanol–water partition coefficient (Wildman–Crippen LogP) is 4.56. The van der Waals surface area contributed by atoms with E-state index in [-0.39, 0.29) is 11.5 Å². The van der Waals surface area contributed by atoms with Gasteiger partial charge in [0.05, 0.1) is 12.4 Å². The highest BCUT2D eigenvalue weighted by atomic mass is 19.4. The topological polar surface area (TPSA) is 83.4 Å². The van der Waals surface area contributed by atoms with Gasteiger partial charge in [-0.1, -0.05) is 36.0 Å². The maximum atomic E-state index is 13.5. The highest BCUT2D eigenvalue weighted by Crippen LogP contribution is 2.31. The predicted molar refractivity (Wildman–Crippen MR) is 114 cm³/mol. The number of allylic oxidation sites excluding steroid dienone is 6. The molecule has 166 valence electrons. The highest BCUT2D eigenvalue weighted by molar-refractivity contribution is 5.53. The van der Waals surface area contributed by atoms with Crippen molar-refractivity contribution in [3.63, 3.8) is 0 Å². The molecular formula is C22H31F3N4O. The molecule has 3 N–H and O–H groups in total. The summed E-state index contributed by atoms with van der Waals surface area (Å²) >= 11 is 0. The zero-order valence-electron chi connectivity index (χ0n) is 17.6. The van der Waals surface area contributed by atoms with Crippen LogP contribution in [-0.4, -0.2) is 38.8 Å². The average molecular weight is 425 g/mol. The molecule has 0 radical (unpaired) electrons. The van der Waals surface area contributed by atoms with Gasteiger partial charge in [0, 0.05) is 5.70 Å². The monoisotopic (exact) mass is 424 g/mol. The van der Waals surface area contributed by atoms with Gasteiger partial charge in [-0.25, -0.2) is 4.99 Å². The number of hydrogen-bond acceptors (Lipinski definition) is 4. The summed E-state index contributed by atoms with van der Waals surface area (Å²) in [6, 6.07) is 1.61. The minimum atomic E-state index is -4.58. The van der Waals surface area contributed by atoms with Crippen LogP contribution in [-0.2, 0) is 4.74 Å². The molecule has 0 aromatic carbocycles. The summed E-state index contributed by atoms with van der Waals surface area (Å²) in [7, 11) is 1.88. The number of alkyl halides is 3. The molecule has 0 bridgehead atoms. The maximum absolute atomic E-state index is 13.5. The first kappa shape index (κ1) is 25.7. The van der Waals surface area contributed by atoms with Crippen LogP contribution >= 0.6 is 0 Å². The van der Waals surface area contributed by atoms with Crippen molar-refractivity contribution in [1.82, 2.24) is 5.32 Å². The van der Waals surface area contributed by atoms with Gasteiger partial charge in [0.25, 0.3) is 0 Å². The van der Waals surface area contributed by atoms with Crippen molar-refractivity contribution in [1.29, 1.82) is 5.26 Å². The number of hydrogen-bond donors (Lipinski definition) is 2. The van der Waals surface area contributed by atoms with Crippen molar-refractivity contribution in [2.24, 2.45) is 16.6 Å². The van der Waals surface area contributed by atoms with E-state index >= 15 is 0 Å². The summed E-state index contributed by atoms with van der Waals surface area (Å²) in [5.74, 6) is 0.165. The van der Waals surface area contributed by atoms with E-state index in [1.54, 1.807) is 18.2 Å². The summed E-state index contributed by atoms with van der Waals surface area (Å²) in [6.07, 6.45) is 7.00. The summed E-state index contributed by atoms with van der Waals surface area (Å²) in [5.41, 5.74) is 7.16. The van der Waals surface area contributed by atoms with Gasteiger partial charge < -0.3 is 15.8 Å². The zero-order chi connectivity index (χ0) is 22.4. The Balaban J connectivity index is 3.08. The molecule has 5 nitrogen and oxygen atoms in total. The molecule has 0 amide bonds. The Labute approximate surface area is 176 Å². The van der Waals surface area contributed by atoms with Crippen molar-refractivity contribution < 1.29 is 17.9 Å². The molecule has 1 aliphatic rings. The van der Waals surface area contributed by atoms with Crippen LogP contribution in [0.25, 0.3) is 0 Å². The number of nitriles is 1. The van der Waals surface area contributed by atoms with Crippen LogP contribution < -0.4 is 11.1 Å². The van der Waals surface area contributed by atoms with Gasteiger partial charge in [-0.15, -0.1) is 0 Å². The largest absolute Gasteiger partial charge is 0.418 e. The van der Waals surface area contributed by atoms with Crippen molar-refractivity contribution in [3.05, 3.63) is 47.2 Å². The van der Waals surface area contributed by atoms with Gasteiger partial charge in [-0.2, -0.15) is 18.4 Å². The molecule has 0 aromatic rings. The Morgan fingerprint density at radius 2 is 2.10 bits per heavy atom. The van der Waals surface area contributed by atoms with Crippen LogP contribution in [0.2, 0.25) is 0 Å². The number of nitrogens with one attached hydrogen (secondary N) is 1. The lowest BCUT2D eigenvalue weighted by Gasteiger charge is -2.21. The van der Waals surface area contributed by atoms with Crippen LogP contribution in [0.5, 0.6) is 0 Å². The normalized spacial score (nSPS) is 19.8. The van der Waals surface area contributed by atoms with E-state index in [0.717, 1.165) is 37.1 Å². The standard InChI is InChI=1S/C22H31F3N4O/c1-17(29-16-27)14-19(10-12-28-2)15-18-6-4-3-5-7-20(9-8-18)21(22(23,24)25)30-13-11-26/h6-9,14,16,19,21,28H,3-5,10,12-13,15H2,1-2H3,(H2,27,29)/b9-8?,17-14+,18-6?,20-7-. The molecule has 30 heavy (non-hydrogen) atoms. The summed E-state index contributed by atoms with van der Waals surface area (Å²) in [5, 5.41) is 11.8. The molecule has 1 rings (SSSR count). The first-order valence-electron chi connectivity index (χ1n) is 10.0. The molecule has 0 spiro atoms. The van der Waals surface area contributed by atoms with E-state index in [9.17, 15) is 13.2 Å². The van der Waals surface area contributed by atoms with Crippen molar-refractivity contribution in [3.8, 4) is 6.07 Å². The second-order valence-corrected chi connectivity index (χ2v) is 7.08. The van der Waals surface area contributed by atoms with E-state index in [2.05, 4.69) is 16.4 Å². The van der Waals surface area contributed by atoms with Gasteiger partial charge in [-0.05, 0) is 64.1 Å². The lowest BCUT2D eigenvalue weighted by atomic mass is 9.93. The third-order valence-electron chi connectivity index (χ3n) is 4.62. The summed E-state index contributed by atoms with van der Waals surface area (Å²) < 4.78 is 45.2. The zero-order valence-corrected chi connectivity index (χ0v) is 17.6. The van der Waals surface area contributed by atoms with Crippen LogP contribution in [0.1, 0.15) is 39.0 Å². The molecular weight excluding hydrogens is 393 g/mol. The van der Waals surface area contributed by atoms with Crippen LogP contribution in [0, 0.1) is 17.2 Å². The number of aliphatic imine (C=N–C) groups is 1. The molecule has 2 atom stereocenters. The van der Waals surface area contributed by atoms with Gasteiger partial charge in [0.15, 0.2) is 6.10 Å². The first-order valence-corrected chi connectivity index (χ1v) is 10.0. The molecule has 0 fully saturated rings. The van der Waals surface area contributed by atoms with Crippen LogP contribution in [0.15, 0.2) is 52.2 Å². The summed E-state index contributed by atoms with van der Waals surface area (Å²) in [6.45, 7) is 2.06. The lowest BCUT2D eigenvalue weighted by Crippen LogP contribution is -2.33. The van der Waals surface area contributed by atoms with Gasteiger partial charge in [-0.3, -0.25) is 0 Å². The van der Waals surface area contributed by atoms with E-state index in [0.29, 0.717) is 12.8 Å². The molecule has 0 heterocycles. The van der Waals surface area contributed by atoms with E-state index in [1.807, 2.05) is 20.0 Å². The fraction of sp³-hybridized carbons (Fsp3) is 0.545. The Bertz CT molecular complexity index is 715. The Morgan fingerprint density at radius 1 is 1.37 bits per heavy atom. The average Bonchev–Trinajstić information content (AvgIpc) is 2.78. The van der Waals surface area contributed by atoms with Crippen molar-refractivity contribution in [2.75, 3.05) is 20.2 Å². The van der Waals surface area contributed by atoms with Crippen molar-refractivity contribution >= 4 is 6.34 Å².